The molecule has 0 bridgehead atoms. The number of aryl methyl sites for hydroxylation is 1. The number of aromatic nitrogens is 1. The largest absolute Gasteiger partial charge is 0.361 e. The lowest BCUT2D eigenvalue weighted by Crippen LogP contribution is -2.48. The van der Waals surface area contributed by atoms with Gasteiger partial charge in [-0.15, -0.1) is 0 Å². The second-order valence-electron chi connectivity index (χ2n) is 4.68. The third kappa shape index (κ3) is 3.00. The number of hydrogen-bond acceptors (Lipinski definition) is 4. The van der Waals surface area contributed by atoms with Gasteiger partial charge in [0.25, 0.3) is 0 Å². The summed E-state index contributed by atoms with van der Waals surface area (Å²) in [6.45, 7) is 3.79. The van der Waals surface area contributed by atoms with Crippen LogP contribution in [0.25, 0.3) is 0 Å². The Kier molecular flexibility index (Phi) is 3.66. The molecule has 0 spiro atoms. The van der Waals surface area contributed by atoms with Crippen molar-refractivity contribution in [1.82, 2.24) is 10.5 Å². The van der Waals surface area contributed by atoms with Crippen molar-refractivity contribution in [2.75, 3.05) is 0 Å². The van der Waals surface area contributed by atoms with Crippen molar-refractivity contribution < 1.29 is 9.32 Å². The minimum atomic E-state index is -1.07. The minimum Gasteiger partial charge on any atom is -0.361 e. The zero-order valence-corrected chi connectivity index (χ0v) is 11.0. The summed E-state index contributed by atoms with van der Waals surface area (Å²) in [6.07, 6.45) is 0. The van der Waals surface area contributed by atoms with Gasteiger partial charge in [0.15, 0.2) is 0 Å². The molecule has 0 fully saturated rings. The molecule has 3 N–H and O–H groups in total. The maximum Gasteiger partial charge on any atom is 0.244 e. The lowest BCUT2D eigenvalue weighted by molar-refractivity contribution is -0.126. The molecule has 1 unspecified atom stereocenters. The van der Waals surface area contributed by atoms with Crippen LogP contribution in [0.15, 0.2) is 40.9 Å². The first-order valence-corrected chi connectivity index (χ1v) is 6.05. The normalized spacial score (nSPS) is 13.8. The number of nitrogens with two attached hydrogens (primary N) is 1. The predicted molar refractivity (Wildman–Crippen MR) is 71.1 cm³/mol. The van der Waals surface area contributed by atoms with Crippen LogP contribution in [0.2, 0.25) is 0 Å². The standard InChI is InChI=1S/C14H17N3O2/c1-10-8-12(17-19-10)9-16-13(18)14(2,15)11-6-4-3-5-7-11/h3-8H,9,15H2,1-2H3,(H,16,18). The molecule has 0 saturated heterocycles. The van der Waals surface area contributed by atoms with Crippen LogP contribution >= 0.6 is 0 Å². The minimum absolute atomic E-state index is 0.251. The summed E-state index contributed by atoms with van der Waals surface area (Å²) in [5.41, 5.74) is 6.47. The van der Waals surface area contributed by atoms with E-state index in [4.69, 9.17) is 10.3 Å². The molecule has 0 aliphatic rings. The van der Waals surface area contributed by atoms with Crippen LogP contribution in [-0.2, 0) is 16.9 Å². The zero-order chi connectivity index (χ0) is 13.9. The molecular weight excluding hydrogens is 242 g/mol. The summed E-state index contributed by atoms with van der Waals surface area (Å²) in [7, 11) is 0. The average Bonchev–Trinajstić information content (AvgIpc) is 2.82. The third-order valence-electron chi connectivity index (χ3n) is 2.95. The van der Waals surface area contributed by atoms with Crippen molar-refractivity contribution in [1.29, 1.82) is 0 Å². The van der Waals surface area contributed by atoms with Crippen LogP contribution in [0.3, 0.4) is 0 Å². The quantitative estimate of drug-likeness (QED) is 0.871. The molecule has 0 aliphatic carbocycles. The Morgan fingerprint density at radius 3 is 2.68 bits per heavy atom. The van der Waals surface area contributed by atoms with Crippen LogP contribution < -0.4 is 11.1 Å². The smallest absolute Gasteiger partial charge is 0.244 e. The van der Waals surface area contributed by atoms with Gasteiger partial charge < -0.3 is 15.6 Å². The van der Waals surface area contributed by atoms with E-state index < -0.39 is 5.54 Å². The highest BCUT2D eigenvalue weighted by Gasteiger charge is 2.30. The highest BCUT2D eigenvalue weighted by Crippen LogP contribution is 2.17. The summed E-state index contributed by atoms with van der Waals surface area (Å²) in [4.78, 5) is 12.2. The fourth-order valence-electron chi connectivity index (χ4n) is 1.77. The van der Waals surface area contributed by atoms with Gasteiger partial charge in [0.1, 0.15) is 17.0 Å². The molecule has 1 aromatic carbocycles. The zero-order valence-electron chi connectivity index (χ0n) is 11.0. The number of carbonyl (C=O) groups is 1. The van der Waals surface area contributed by atoms with Crippen LogP contribution in [0, 0.1) is 6.92 Å². The van der Waals surface area contributed by atoms with Crippen molar-refractivity contribution >= 4 is 5.91 Å². The Morgan fingerprint density at radius 2 is 2.11 bits per heavy atom. The van der Waals surface area contributed by atoms with Crippen LogP contribution in [0.5, 0.6) is 0 Å². The van der Waals surface area contributed by atoms with Crippen molar-refractivity contribution in [3.05, 3.63) is 53.4 Å². The molecule has 0 saturated carbocycles. The van der Waals surface area contributed by atoms with Crippen molar-refractivity contribution in [2.45, 2.75) is 25.9 Å². The van der Waals surface area contributed by atoms with Gasteiger partial charge >= 0.3 is 0 Å². The highest BCUT2D eigenvalue weighted by molar-refractivity contribution is 5.86. The third-order valence-corrected chi connectivity index (χ3v) is 2.95. The lowest BCUT2D eigenvalue weighted by atomic mass is 9.92. The van der Waals surface area contributed by atoms with Gasteiger partial charge in [-0.2, -0.15) is 0 Å². The van der Waals surface area contributed by atoms with E-state index in [-0.39, 0.29) is 5.91 Å². The molecule has 5 nitrogen and oxygen atoms in total. The molecule has 0 radical (unpaired) electrons. The highest BCUT2D eigenvalue weighted by atomic mass is 16.5. The Morgan fingerprint density at radius 1 is 1.42 bits per heavy atom. The summed E-state index contributed by atoms with van der Waals surface area (Å²) in [6, 6.07) is 11.0. The Labute approximate surface area is 111 Å². The Balaban J connectivity index is 2.03. The first-order chi connectivity index (χ1) is 9.00. The van der Waals surface area contributed by atoms with E-state index in [0.717, 1.165) is 5.56 Å². The number of benzene rings is 1. The number of rotatable bonds is 4. The molecule has 2 rings (SSSR count). The van der Waals surface area contributed by atoms with Crippen LogP contribution in [0.1, 0.15) is 23.9 Å². The fraction of sp³-hybridized carbons (Fsp3) is 0.286. The molecule has 1 amide bonds. The summed E-state index contributed by atoms with van der Waals surface area (Å²) >= 11 is 0. The average molecular weight is 259 g/mol. The van der Waals surface area contributed by atoms with Gasteiger partial charge in [-0.3, -0.25) is 4.79 Å². The van der Waals surface area contributed by atoms with Gasteiger partial charge in [-0.25, -0.2) is 0 Å². The molecule has 1 heterocycles. The van der Waals surface area contributed by atoms with Gasteiger partial charge in [0.2, 0.25) is 5.91 Å². The number of nitrogens with one attached hydrogen (secondary N) is 1. The van der Waals surface area contributed by atoms with Crippen molar-refractivity contribution in [2.24, 2.45) is 5.73 Å². The lowest BCUT2D eigenvalue weighted by Gasteiger charge is -2.23. The summed E-state index contributed by atoms with van der Waals surface area (Å²) in [5.74, 6) is 0.460. The van der Waals surface area contributed by atoms with E-state index in [2.05, 4.69) is 10.5 Å². The van der Waals surface area contributed by atoms with Gasteiger partial charge in [-0.1, -0.05) is 35.5 Å². The van der Waals surface area contributed by atoms with Crippen molar-refractivity contribution in [3.8, 4) is 0 Å². The molecular formula is C14H17N3O2. The Bertz CT molecular complexity index is 561. The van der Waals surface area contributed by atoms with E-state index in [1.807, 2.05) is 30.3 Å². The van der Waals surface area contributed by atoms with E-state index in [1.54, 1.807) is 19.9 Å². The number of nitrogens with zero attached hydrogens (tertiary/aromatic N) is 1. The molecule has 19 heavy (non-hydrogen) atoms. The monoisotopic (exact) mass is 259 g/mol. The number of amides is 1. The topological polar surface area (TPSA) is 81.2 Å². The van der Waals surface area contributed by atoms with Gasteiger partial charge in [-0.05, 0) is 19.4 Å². The number of carbonyl (C=O) groups excluding carboxylic acids is 1. The predicted octanol–water partition coefficient (Wildman–Crippen LogP) is 1.47. The van der Waals surface area contributed by atoms with E-state index in [0.29, 0.717) is 18.0 Å². The maximum atomic E-state index is 12.2. The maximum absolute atomic E-state index is 12.2. The van der Waals surface area contributed by atoms with E-state index in [1.165, 1.54) is 0 Å². The summed E-state index contributed by atoms with van der Waals surface area (Å²) < 4.78 is 4.93. The first-order valence-electron chi connectivity index (χ1n) is 6.05. The molecule has 5 heteroatoms. The summed E-state index contributed by atoms with van der Waals surface area (Å²) in [5, 5.41) is 6.58. The van der Waals surface area contributed by atoms with Crippen LogP contribution in [0.4, 0.5) is 0 Å². The molecule has 1 atom stereocenters. The molecule has 0 aliphatic heterocycles. The molecule has 100 valence electrons. The van der Waals surface area contributed by atoms with Crippen molar-refractivity contribution in [3.63, 3.8) is 0 Å². The Hall–Kier alpha value is -2.14. The molecule has 2 aromatic rings. The SMILES string of the molecule is Cc1cc(CNC(=O)C(C)(N)c2ccccc2)no1. The van der Waals surface area contributed by atoms with Gasteiger partial charge in [0.05, 0.1) is 6.54 Å². The fourth-order valence-corrected chi connectivity index (χ4v) is 1.77. The van der Waals surface area contributed by atoms with Gasteiger partial charge in [0, 0.05) is 6.07 Å². The first kappa shape index (κ1) is 13.3. The van der Waals surface area contributed by atoms with E-state index >= 15 is 0 Å². The second kappa shape index (κ2) is 5.24. The second-order valence-corrected chi connectivity index (χ2v) is 4.68. The number of hydrogen-bond donors (Lipinski definition) is 2. The van der Waals surface area contributed by atoms with Crippen LogP contribution in [-0.4, -0.2) is 11.1 Å². The van der Waals surface area contributed by atoms with E-state index in [9.17, 15) is 4.79 Å². The molecule has 1 aromatic heterocycles.